The summed E-state index contributed by atoms with van der Waals surface area (Å²) in [7, 11) is 0. The molecule has 1 atom stereocenters. The van der Waals surface area contributed by atoms with Crippen LogP contribution in [0, 0.1) is 5.92 Å². The lowest BCUT2D eigenvalue weighted by molar-refractivity contribution is -0.118. The van der Waals surface area contributed by atoms with E-state index in [1.54, 1.807) is 43.3 Å². The van der Waals surface area contributed by atoms with Gasteiger partial charge in [0.2, 0.25) is 11.8 Å². The summed E-state index contributed by atoms with van der Waals surface area (Å²) in [6.45, 7) is 1.63. The first-order valence-electron chi connectivity index (χ1n) is 8.09. The van der Waals surface area contributed by atoms with E-state index in [2.05, 4.69) is 16.0 Å². The standard InChI is InChI=1S/C18H19N3O3S/c1-11(19-18(24)15-3-2-10-25-15)16(22)20-13-6-8-14(9-7-13)21-17(23)12-4-5-12/h2-3,6-12H,4-5H2,1H3,(H,19,24)(H,20,22)(H,21,23). The van der Waals surface area contributed by atoms with Gasteiger partial charge in [0.05, 0.1) is 4.88 Å². The van der Waals surface area contributed by atoms with Crippen molar-refractivity contribution in [1.29, 1.82) is 0 Å². The van der Waals surface area contributed by atoms with Crippen molar-refractivity contribution < 1.29 is 14.4 Å². The normalized spacial score (nSPS) is 14.4. The fourth-order valence-electron chi connectivity index (χ4n) is 2.22. The Balaban J connectivity index is 1.51. The smallest absolute Gasteiger partial charge is 0.261 e. The topological polar surface area (TPSA) is 87.3 Å². The van der Waals surface area contributed by atoms with E-state index in [0.29, 0.717) is 16.3 Å². The third kappa shape index (κ3) is 4.67. The molecule has 1 aliphatic rings. The summed E-state index contributed by atoms with van der Waals surface area (Å²) in [5, 5.41) is 10.1. The number of rotatable bonds is 6. The summed E-state index contributed by atoms with van der Waals surface area (Å²) < 4.78 is 0. The average molecular weight is 357 g/mol. The van der Waals surface area contributed by atoms with E-state index in [1.807, 2.05) is 5.38 Å². The van der Waals surface area contributed by atoms with Gasteiger partial charge in [-0.1, -0.05) is 6.07 Å². The van der Waals surface area contributed by atoms with Gasteiger partial charge in [0.25, 0.3) is 5.91 Å². The number of thiophene rings is 1. The fourth-order valence-corrected chi connectivity index (χ4v) is 2.85. The van der Waals surface area contributed by atoms with Gasteiger partial charge in [0.1, 0.15) is 6.04 Å². The number of carbonyl (C=O) groups is 3. The van der Waals surface area contributed by atoms with Crippen molar-refractivity contribution in [3.63, 3.8) is 0 Å². The molecule has 1 aromatic carbocycles. The minimum absolute atomic E-state index is 0.0432. The average Bonchev–Trinajstić information content (AvgIpc) is 3.31. The Labute approximate surface area is 149 Å². The maximum Gasteiger partial charge on any atom is 0.261 e. The van der Waals surface area contributed by atoms with Crippen LogP contribution in [-0.4, -0.2) is 23.8 Å². The Bertz CT molecular complexity index is 767. The van der Waals surface area contributed by atoms with Crippen LogP contribution in [0.4, 0.5) is 11.4 Å². The van der Waals surface area contributed by atoms with E-state index in [4.69, 9.17) is 0 Å². The van der Waals surface area contributed by atoms with E-state index in [-0.39, 0.29) is 23.6 Å². The molecule has 1 saturated carbocycles. The first-order chi connectivity index (χ1) is 12.0. The Morgan fingerprint density at radius 2 is 1.68 bits per heavy atom. The van der Waals surface area contributed by atoms with Crippen molar-refractivity contribution in [3.05, 3.63) is 46.7 Å². The lowest BCUT2D eigenvalue weighted by Crippen LogP contribution is -2.41. The summed E-state index contributed by atoms with van der Waals surface area (Å²) >= 11 is 1.32. The molecule has 3 N–H and O–H groups in total. The van der Waals surface area contributed by atoms with Gasteiger partial charge in [0.15, 0.2) is 0 Å². The molecular weight excluding hydrogens is 338 g/mol. The van der Waals surface area contributed by atoms with Gasteiger partial charge in [-0.15, -0.1) is 11.3 Å². The van der Waals surface area contributed by atoms with Gasteiger partial charge < -0.3 is 16.0 Å². The zero-order valence-electron chi connectivity index (χ0n) is 13.7. The van der Waals surface area contributed by atoms with Crippen LogP contribution in [0.1, 0.15) is 29.4 Å². The van der Waals surface area contributed by atoms with Crippen LogP contribution in [0.3, 0.4) is 0 Å². The second kappa shape index (κ2) is 7.48. The summed E-state index contributed by atoms with van der Waals surface area (Å²) in [4.78, 5) is 36.4. The van der Waals surface area contributed by atoms with Gasteiger partial charge >= 0.3 is 0 Å². The molecule has 3 amide bonds. The molecule has 25 heavy (non-hydrogen) atoms. The maximum absolute atomic E-state index is 12.2. The highest BCUT2D eigenvalue weighted by molar-refractivity contribution is 7.12. The molecule has 0 spiro atoms. The second-order valence-corrected chi connectivity index (χ2v) is 6.95. The van der Waals surface area contributed by atoms with E-state index in [9.17, 15) is 14.4 Å². The van der Waals surface area contributed by atoms with Crippen LogP contribution in [0.15, 0.2) is 41.8 Å². The lowest BCUT2D eigenvalue weighted by atomic mass is 10.2. The van der Waals surface area contributed by atoms with Crippen LogP contribution in [-0.2, 0) is 9.59 Å². The monoisotopic (exact) mass is 357 g/mol. The lowest BCUT2D eigenvalue weighted by Gasteiger charge is -2.14. The summed E-state index contributed by atoms with van der Waals surface area (Å²) in [6, 6.07) is 9.74. The predicted octanol–water partition coefficient (Wildman–Crippen LogP) is 2.85. The predicted molar refractivity (Wildman–Crippen MR) is 97.7 cm³/mol. The van der Waals surface area contributed by atoms with E-state index >= 15 is 0 Å². The molecule has 0 radical (unpaired) electrons. The van der Waals surface area contributed by atoms with Gasteiger partial charge in [0, 0.05) is 17.3 Å². The minimum atomic E-state index is -0.663. The van der Waals surface area contributed by atoms with E-state index < -0.39 is 6.04 Å². The highest BCUT2D eigenvalue weighted by Gasteiger charge is 2.29. The molecule has 6 nitrogen and oxygen atoms in total. The number of nitrogens with one attached hydrogen (secondary N) is 3. The number of hydrogen-bond donors (Lipinski definition) is 3. The molecule has 0 saturated heterocycles. The molecule has 2 aromatic rings. The zero-order chi connectivity index (χ0) is 17.8. The van der Waals surface area contributed by atoms with Crippen LogP contribution < -0.4 is 16.0 Å². The highest BCUT2D eigenvalue weighted by Crippen LogP contribution is 2.30. The highest BCUT2D eigenvalue weighted by atomic mass is 32.1. The Hall–Kier alpha value is -2.67. The number of benzene rings is 1. The van der Waals surface area contributed by atoms with E-state index in [1.165, 1.54) is 11.3 Å². The fraction of sp³-hybridized carbons (Fsp3) is 0.278. The summed E-state index contributed by atoms with van der Waals surface area (Å²) in [6.07, 6.45) is 1.91. The third-order valence-electron chi connectivity index (χ3n) is 3.85. The number of amides is 3. The largest absolute Gasteiger partial charge is 0.340 e. The van der Waals surface area contributed by atoms with Crippen LogP contribution >= 0.6 is 11.3 Å². The quantitative estimate of drug-likeness (QED) is 0.743. The number of anilines is 2. The molecular formula is C18H19N3O3S. The zero-order valence-corrected chi connectivity index (χ0v) is 14.6. The van der Waals surface area contributed by atoms with Crippen LogP contribution in [0.5, 0.6) is 0 Å². The van der Waals surface area contributed by atoms with Gasteiger partial charge in [-0.25, -0.2) is 0 Å². The summed E-state index contributed by atoms with van der Waals surface area (Å²) in [5.41, 5.74) is 1.31. The SMILES string of the molecule is CC(NC(=O)c1cccs1)C(=O)Nc1ccc(NC(=O)C2CC2)cc1. The van der Waals surface area contributed by atoms with Gasteiger partial charge in [-0.3, -0.25) is 14.4 Å². The van der Waals surface area contributed by atoms with Crippen LogP contribution in [0.2, 0.25) is 0 Å². The third-order valence-corrected chi connectivity index (χ3v) is 4.72. The van der Waals surface area contributed by atoms with Crippen molar-refractivity contribution >= 4 is 40.4 Å². The number of carbonyl (C=O) groups excluding carboxylic acids is 3. The summed E-state index contributed by atoms with van der Waals surface area (Å²) in [5.74, 6) is -0.385. The molecule has 1 aromatic heterocycles. The van der Waals surface area contributed by atoms with Gasteiger partial charge in [-0.2, -0.15) is 0 Å². The molecule has 1 heterocycles. The molecule has 130 valence electrons. The molecule has 1 aliphatic carbocycles. The molecule has 1 unspecified atom stereocenters. The van der Waals surface area contributed by atoms with Crippen molar-refractivity contribution in [1.82, 2.24) is 5.32 Å². The molecule has 1 fully saturated rings. The molecule has 7 heteroatoms. The Kier molecular flexibility index (Phi) is 5.14. The van der Waals surface area contributed by atoms with Crippen molar-refractivity contribution in [2.24, 2.45) is 5.92 Å². The van der Waals surface area contributed by atoms with Crippen molar-refractivity contribution in [2.75, 3.05) is 10.6 Å². The second-order valence-electron chi connectivity index (χ2n) is 6.00. The molecule has 0 aliphatic heterocycles. The molecule has 3 rings (SSSR count). The Morgan fingerprint density at radius 3 is 2.24 bits per heavy atom. The van der Waals surface area contributed by atoms with Gasteiger partial charge in [-0.05, 0) is 55.5 Å². The number of hydrogen-bond acceptors (Lipinski definition) is 4. The van der Waals surface area contributed by atoms with E-state index in [0.717, 1.165) is 12.8 Å². The Morgan fingerprint density at radius 1 is 1.04 bits per heavy atom. The first-order valence-corrected chi connectivity index (χ1v) is 8.97. The first kappa shape index (κ1) is 17.2. The van der Waals surface area contributed by atoms with Crippen molar-refractivity contribution in [3.8, 4) is 0 Å². The minimum Gasteiger partial charge on any atom is -0.340 e. The van der Waals surface area contributed by atoms with Crippen molar-refractivity contribution in [2.45, 2.75) is 25.8 Å². The maximum atomic E-state index is 12.2. The van der Waals surface area contributed by atoms with Crippen LogP contribution in [0.25, 0.3) is 0 Å². The molecule has 0 bridgehead atoms.